The fourth-order valence-corrected chi connectivity index (χ4v) is 2.95. The third kappa shape index (κ3) is 2.01. The van der Waals surface area contributed by atoms with Crippen molar-refractivity contribution >= 4 is 26.8 Å². The molecular weight excluding hydrogens is 278 g/mol. The molecule has 0 aliphatic carbocycles. The predicted octanol–water partition coefficient (Wildman–Crippen LogP) is 2.18. The molecule has 0 saturated heterocycles. The SMILES string of the molecule is NCCN1CCn2c(cc3ccc(Br)cc32)C1. The van der Waals surface area contributed by atoms with Gasteiger partial charge in [-0.1, -0.05) is 22.0 Å². The van der Waals surface area contributed by atoms with E-state index < -0.39 is 0 Å². The van der Waals surface area contributed by atoms with E-state index >= 15 is 0 Å². The van der Waals surface area contributed by atoms with Gasteiger partial charge in [-0.05, 0) is 23.6 Å². The number of rotatable bonds is 2. The van der Waals surface area contributed by atoms with E-state index in [9.17, 15) is 0 Å². The summed E-state index contributed by atoms with van der Waals surface area (Å²) in [6.45, 7) is 4.91. The Morgan fingerprint density at radius 1 is 1.24 bits per heavy atom. The van der Waals surface area contributed by atoms with Crippen molar-refractivity contribution in [1.29, 1.82) is 0 Å². The van der Waals surface area contributed by atoms with Crippen molar-refractivity contribution < 1.29 is 0 Å². The van der Waals surface area contributed by atoms with Gasteiger partial charge < -0.3 is 10.3 Å². The summed E-state index contributed by atoms with van der Waals surface area (Å²) in [5.41, 5.74) is 8.36. The van der Waals surface area contributed by atoms with Crippen molar-refractivity contribution in [3.05, 3.63) is 34.4 Å². The van der Waals surface area contributed by atoms with Gasteiger partial charge in [0.1, 0.15) is 0 Å². The zero-order valence-electron chi connectivity index (χ0n) is 9.69. The highest BCUT2D eigenvalue weighted by atomic mass is 79.9. The van der Waals surface area contributed by atoms with Crippen LogP contribution in [0.1, 0.15) is 5.69 Å². The first-order valence-corrected chi connectivity index (χ1v) is 6.77. The van der Waals surface area contributed by atoms with E-state index in [4.69, 9.17) is 5.73 Å². The van der Waals surface area contributed by atoms with Crippen molar-refractivity contribution in [2.45, 2.75) is 13.1 Å². The number of hydrogen-bond donors (Lipinski definition) is 1. The average Bonchev–Trinajstić information content (AvgIpc) is 2.66. The molecule has 0 saturated carbocycles. The van der Waals surface area contributed by atoms with Gasteiger partial charge in [0.15, 0.2) is 0 Å². The molecule has 4 heteroatoms. The summed E-state index contributed by atoms with van der Waals surface area (Å²) < 4.78 is 3.57. The molecule has 0 amide bonds. The molecule has 0 radical (unpaired) electrons. The van der Waals surface area contributed by atoms with Crippen LogP contribution in [-0.4, -0.2) is 29.1 Å². The number of halogens is 1. The average molecular weight is 294 g/mol. The number of benzene rings is 1. The highest BCUT2D eigenvalue weighted by Gasteiger charge is 2.17. The van der Waals surface area contributed by atoms with Crippen molar-refractivity contribution in [3.8, 4) is 0 Å². The topological polar surface area (TPSA) is 34.2 Å². The van der Waals surface area contributed by atoms with Gasteiger partial charge in [-0.3, -0.25) is 4.90 Å². The van der Waals surface area contributed by atoms with E-state index in [2.05, 4.69) is 49.7 Å². The number of fused-ring (bicyclic) bond motifs is 3. The monoisotopic (exact) mass is 293 g/mol. The lowest BCUT2D eigenvalue weighted by atomic mass is 10.2. The smallest absolute Gasteiger partial charge is 0.0494 e. The Hall–Kier alpha value is -0.840. The van der Waals surface area contributed by atoms with Crippen LogP contribution in [0.5, 0.6) is 0 Å². The molecule has 3 nitrogen and oxygen atoms in total. The molecule has 1 aromatic heterocycles. The van der Waals surface area contributed by atoms with Gasteiger partial charge in [0.25, 0.3) is 0 Å². The molecule has 1 aliphatic heterocycles. The van der Waals surface area contributed by atoms with E-state index in [1.165, 1.54) is 16.6 Å². The van der Waals surface area contributed by atoms with Gasteiger partial charge in [0.05, 0.1) is 0 Å². The summed E-state index contributed by atoms with van der Waals surface area (Å²) in [7, 11) is 0. The van der Waals surface area contributed by atoms with E-state index in [-0.39, 0.29) is 0 Å². The van der Waals surface area contributed by atoms with Crippen molar-refractivity contribution in [2.24, 2.45) is 5.73 Å². The maximum absolute atomic E-state index is 5.62. The van der Waals surface area contributed by atoms with Crippen LogP contribution in [0, 0.1) is 0 Å². The van der Waals surface area contributed by atoms with Gasteiger partial charge in [-0.15, -0.1) is 0 Å². The third-order valence-corrected chi connectivity index (χ3v) is 3.92. The molecule has 0 bridgehead atoms. The Labute approximate surface area is 109 Å². The van der Waals surface area contributed by atoms with E-state index in [1.807, 2.05) is 0 Å². The second-order valence-corrected chi connectivity index (χ2v) is 5.47. The fourth-order valence-electron chi connectivity index (χ4n) is 2.60. The minimum atomic E-state index is 0.742. The summed E-state index contributed by atoms with van der Waals surface area (Å²) in [5, 5.41) is 1.33. The molecule has 90 valence electrons. The molecule has 2 heterocycles. The van der Waals surface area contributed by atoms with Crippen LogP contribution in [0.4, 0.5) is 0 Å². The lowest BCUT2D eigenvalue weighted by Gasteiger charge is -2.28. The molecule has 2 N–H and O–H groups in total. The van der Waals surface area contributed by atoms with Crippen molar-refractivity contribution in [2.75, 3.05) is 19.6 Å². The van der Waals surface area contributed by atoms with Gasteiger partial charge >= 0.3 is 0 Å². The third-order valence-electron chi connectivity index (χ3n) is 3.42. The molecule has 0 atom stereocenters. The highest BCUT2D eigenvalue weighted by Crippen LogP contribution is 2.26. The van der Waals surface area contributed by atoms with Gasteiger partial charge in [0, 0.05) is 48.4 Å². The first-order valence-electron chi connectivity index (χ1n) is 5.98. The predicted molar refractivity (Wildman–Crippen MR) is 74.0 cm³/mol. The van der Waals surface area contributed by atoms with Crippen LogP contribution in [0.25, 0.3) is 10.9 Å². The second-order valence-electron chi connectivity index (χ2n) is 4.56. The summed E-state index contributed by atoms with van der Waals surface area (Å²) in [6, 6.07) is 8.78. The molecule has 1 aliphatic rings. The molecule has 1 aromatic carbocycles. The second kappa shape index (κ2) is 4.44. The van der Waals surface area contributed by atoms with Crippen LogP contribution in [-0.2, 0) is 13.1 Å². The standard InChI is InChI=1S/C13H16BrN3/c14-11-2-1-10-7-12-9-16(4-3-15)5-6-17(12)13(10)8-11/h1-2,7-8H,3-6,9,15H2. The minimum absolute atomic E-state index is 0.742. The van der Waals surface area contributed by atoms with Crippen LogP contribution in [0.2, 0.25) is 0 Å². The molecule has 0 fully saturated rings. The van der Waals surface area contributed by atoms with Gasteiger partial charge in [-0.25, -0.2) is 0 Å². The Morgan fingerprint density at radius 2 is 2.12 bits per heavy atom. The first-order chi connectivity index (χ1) is 8.28. The highest BCUT2D eigenvalue weighted by molar-refractivity contribution is 9.10. The number of hydrogen-bond acceptors (Lipinski definition) is 2. The van der Waals surface area contributed by atoms with Crippen molar-refractivity contribution in [3.63, 3.8) is 0 Å². The fraction of sp³-hybridized carbons (Fsp3) is 0.385. The molecule has 3 rings (SSSR count). The molecule has 17 heavy (non-hydrogen) atoms. The molecule has 2 aromatic rings. The summed E-state index contributed by atoms with van der Waals surface area (Å²) >= 11 is 3.54. The number of nitrogens with zero attached hydrogens (tertiary/aromatic N) is 2. The van der Waals surface area contributed by atoms with Crippen LogP contribution in [0.15, 0.2) is 28.7 Å². The normalized spacial score (nSPS) is 16.4. The summed E-state index contributed by atoms with van der Waals surface area (Å²) in [4.78, 5) is 2.42. The maximum Gasteiger partial charge on any atom is 0.0494 e. The number of nitrogens with two attached hydrogens (primary N) is 1. The zero-order chi connectivity index (χ0) is 11.8. The van der Waals surface area contributed by atoms with Crippen LogP contribution in [0.3, 0.4) is 0 Å². The van der Waals surface area contributed by atoms with E-state index in [1.54, 1.807) is 0 Å². The lowest BCUT2D eigenvalue weighted by molar-refractivity contribution is 0.229. The van der Waals surface area contributed by atoms with E-state index in [0.29, 0.717) is 0 Å². The quantitative estimate of drug-likeness (QED) is 0.921. The molecular formula is C13H16BrN3. The van der Waals surface area contributed by atoms with Gasteiger partial charge in [0.2, 0.25) is 0 Å². The van der Waals surface area contributed by atoms with Crippen LogP contribution >= 0.6 is 15.9 Å². The number of aromatic nitrogens is 1. The Morgan fingerprint density at radius 3 is 2.94 bits per heavy atom. The van der Waals surface area contributed by atoms with E-state index in [0.717, 1.165) is 37.2 Å². The minimum Gasteiger partial charge on any atom is -0.342 e. The van der Waals surface area contributed by atoms with Gasteiger partial charge in [-0.2, -0.15) is 0 Å². The Kier molecular flexibility index (Phi) is 2.94. The molecule has 0 spiro atoms. The van der Waals surface area contributed by atoms with Crippen molar-refractivity contribution in [1.82, 2.24) is 9.47 Å². The summed E-state index contributed by atoms with van der Waals surface area (Å²) in [6.07, 6.45) is 0. The Bertz CT molecular complexity index is 547. The summed E-state index contributed by atoms with van der Waals surface area (Å²) in [5.74, 6) is 0. The maximum atomic E-state index is 5.62. The Balaban J connectivity index is 2.01. The largest absolute Gasteiger partial charge is 0.342 e. The lowest BCUT2D eigenvalue weighted by Crippen LogP contribution is -2.36. The zero-order valence-corrected chi connectivity index (χ0v) is 11.3. The van der Waals surface area contributed by atoms with Crippen LogP contribution < -0.4 is 5.73 Å². The molecule has 0 unspecified atom stereocenters. The first kappa shape index (κ1) is 11.3.